The molecule has 1 N–H and O–H groups in total. The summed E-state index contributed by atoms with van der Waals surface area (Å²) in [5.74, 6) is -1.00. The van der Waals surface area contributed by atoms with Gasteiger partial charge in [0.2, 0.25) is 0 Å². The van der Waals surface area contributed by atoms with Crippen LogP contribution in [-0.4, -0.2) is 53.9 Å². The van der Waals surface area contributed by atoms with E-state index < -0.39 is 5.97 Å². The summed E-state index contributed by atoms with van der Waals surface area (Å²) in [6.07, 6.45) is 4.29. The largest absolute Gasteiger partial charge is 0.477 e. The summed E-state index contributed by atoms with van der Waals surface area (Å²) in [5, 5.41) is 13.1. The van der Waals surface area contributed by atoms with E-state index in [1.54, 1.807) is 6.92 Å². The number of allylic oxidation sites excluding steroid dienone is 1. The molecule has 1 heterocycles. The molecule has 5 heteroatoms. The standard InChI is InChI=1S/C7H15N.C6H10N2O2.C2H6/c1-7(2)8-5-3-4-6-8;1-4-5(6(9)10)8(3)7-2;1-2/h7H,3-6H2,1-2H3;4H,2H2,1,3H3,(H,9,10);1-2H3/b;5-4-;. The molecule has 1 fully saturated rings. The normalized spacial score (nSPS) is 14.8. The highest BCUT2D eigenvalue weighted by atomic mass is 16.4. The first kappa shape index (κ1) is 20.9. The molecular weight excluding hydrogens is 254 g/mol. The van der Waals surface area contributed by atoms with Crippen molar-refractivity contribution in [3.8, 4) is 0 Å². The van der Waals surface area contributed by atoms with E-state index in [2.05, 4.69) is 30.6 Å². The van der Waals surface area contributed by atoms with Crippen molar-refractivity contribution in [3.63, 3.8) is 0 Å². The second-order valence-electron chi connectivity index (χ2n) is 4.48. The van der Waals surface area contributed by atoms with Gasteiger partial charge in [0.05, 0.1) is 0 Å². The molecule has 20 heavy (non-hydrogen) atoms. The second kappa shape index (κ2) is 12.7. The molecular formula is C15H31N3O2. The molecule has 0 atom stereocenters. The van der Waals surface area contributed by atoms with Gasteiger partial charge < -0.3 is 10.0 Å². The zero-order chi connectivity index (χ0) is 16.1. The van der Waals surface area contributed by atoms with Crippen LogP contribution in [0.4, 0.5) is 0 Å². The van der Waals surface area contributed by atoms with E-state index in [0.717, 1.165) is 6.04 Å². The number of hydrogen-bond acceptors (Lipinski definition) is 4. The Morgan fingerprint density at radius 3 is 1.95 bits per heavy atom. The highest BCUT2D eigenvalue weighted by Gasteiger charge is 2.13. The molecule has 118 valence electrons. The predicted molar refractivity (Wildman–Crippen MR) is 86.0 cm³/mol. The van der Waals surface area contributed by atoms with Gasteiger partial charge in [0.1, 0.15) is 5.70 Å². The van der Waals surface area contributed by atoms with Gasteiger partial charge >= 0.3 is 5.97 Å². The molecule has 0 aromatic heterocycles. The van der Waals surface area contributed by atoms with Gasteiger partial charge in [-0.15, -0.1) is 0 Å². The number of hydrazone groups is 1. The maximum Gasteiger partial charge on any atom is 0.353 e. The second-order valence-corrected chi connectivity index (χ2v) is 4.48. The summed E-state index contributed by atoms with van der Waals surface area (Å²) in [6, 6.07) is 0.775. The Bertz CT molecular complexity index is 295. The Morgan fingerprint density at radius 1 is 1.35 bits per heavy atom. The molecule has 0 bridgehead atoms. The fraction of sp³-hybridized carbons (Fsp3) is 0.733. The number of carbonyl (C=O) groups is 1. The number of nitrogens with zero attached hydrogens (tertiary/aromatic N) is 3. The topological polar surface area (TPSA) is 56.1 Å². The van der Waals surface area contributed by atoms with E-state index in [1.165, 1.54) is 44.1 Å². The summed E-state index contributed by atoms with van der Waals surface area (Å²) < 4.78 is 0. The summed E-state index contributed by atoms with van der Waals surface area (Å²) in [7, 11) is 1.52. The first-order valence-electron chi connectivity index (χ1n) is 7.28. The molecule has 0 spiro atoms. The fourth-order valence-electron chi connectivity index (χ4n) is 1.78. The molecule has 0 saturated carbocycles. The Labute approximate surface area is 124 Å². The Morgan fingerprint density at radius 2 is 1.80 bits per heavy atom. The van der Waals surface area contributed by atoms with Crippen LogP contribution in [0, 0.1) is 0 Å². The first-order valence-corrected chi connectivity index (χ1v) is 7.28. The molecule has 0 aliphatic carbocycles. The van der Waals surface area contributed by atoms with Crippen molar-refractivity contribution in [3.05, 3.63) is 11.8 Å². The fourth-order valence-corrected chi connectivity index (χ4v) is 1.78. The van der Waals surface area contributed by atoms with Gasteiger partial charge in [-0.1, -0.05) is 19.9 Å². The maximum atomic E-state index is 10.3. The lowest BCUT2D eigenvalue weighted by Gasteiger charge is -2.18. The van der Waals surface area contributed by atoms with Crippen LogP contribution in [0.1, 0.15) is 47.5 Å². The number of hydrogen-bond donors (Lipinski definition) is 1. The zero-order valence-corrected chi connectivity index (χ0v) is 13.9. The molecule has 1 saturated heterocycles. The lowest BCUT2D eigenvalue weighted by atomic mass is 10.3. The van der Waals surface area contributed by atoms with Crippen LogP contribution in [0.25, 0.3) is 0 Å². The van der Waals surface area contributed by atoms with Crippen molar-refractivity contribution >= 4 is 12.7 Å². The summed E-state index contributed by atoms with van der Waals surface area (Å²) >= 11 is 0. The minimum Gasteiger partial charge on any atom is -0.477 e. The molecule has 0 aromatic rings. The van der Waals surface area contributed by atoms with Crippen molar-refractivity contribution in [1.29, 1.82) is 0 Å². The van der Waals surface area contributed by atoms with Gasteiger partial charge in [-0.3, -0.25) is 5.01 Å². The van der Waals surface area contributed by atoms with Crippen LogP contribution in [0.2, 0.25) is 0 Å². The van der Waals surface area contributed by atoms with Crippen molar-refractivity contribution < 1.29 is 9.90 Å². The lowest BCUT2D eigenvalue weighted by Crippen LogP contribution is -2.26. The van der Waals surface area contributed by atoms with E-state index in [9.17, 15) is 4.79 Å². The van der Waals surface area contributed by atoms with Crippen molar-refractivity contribution in [2.24, 2.45) is 5.10 Å². The number of likely N-dealkylation sites (tertiary alicyclic amines) is 1. The number of aliphatic carboxylic acids is 1. The highest BCUT2D eigenvalue weighted by molar-refractivity contribution is 5.85. The lowest BCUT2D eigenvalue weighted by molar-refractivity contribution is -0.134. The van der Waals surface area contributed by atoms with Gasteiger partial charge in [-0.05, 0) is 46.7 Å². The van der Waals surface area contributed by atoms with Crippen LogP contribution in [0.15, 0.2) is 16.9 Å². The van der Waals surface area contributed by atoms with Crippen LogP contribution < -0.4 is 0 Å². The average molecular weight is 285 g/mol. The minimum atomic E-state index is -1.00. The molecule has 0 radical (unpaired) electrons. The Balaban J connectivity index is 0. The number of likely N-dealkylation sites (N-methyl/N-ethyl adjacent to an activating group) is 1. The monoisotopic (exact) mass is 285 g/mol. The van der Waals surface area contributed by atoms with E-state index in [0.29, 0.717) is 0 Å². The summed E-state index contributed by atoms with van der Waals surface area (Å²) in [4.78, 5) is 12.9. The number of carboxylic acids is 1. The van der Waals surface area contributed by atoms with Crippen molar-refractivity contribution in [2.75, 3.05) is 20.1 Å². The van der Waals surface area contributed by atoms with Gasteiger partial charge in [-0.25, -0.2) is 4.79 Å². The van der Waals surface area contributed by atoms with Gasteiger partial charge in [0, 0.05) is 19.8 Å². The van der Waals surface area contributed by atoms with Crippen LogP contribution in [-0.2, 0) is 4.79 Å². The van der Waals surface area contributed by atoms with Gasteiger partial charge in [-0.2, -0.15) is 5.10 Å². The van der Waals surface area contributed by atoms with Crippen LogP contribution in [0.3, 0.4) is 0 Å². The average Bonchev–Trinajstić information content (AvgIpc) is 2.96. The Kier molecular flexibility index (Phi) is 13.3. The third-order valence-electron chi connectivity index (χ3n) is 2.92. The van der Waals surface area contributed by atoms with E-state index >= 15 is 0 Å². The van der Waals surface area contributed by atoms with E-state index in [4.69, 9.17) is 5.11 Å². The van der Waals surface area contributed by atoms with E-state index in [1.807, 2.05) is 13.8 Å². The molecule has 0 aromatic carbocycles. The zero-order valence-electron chi connectivity index (χ0n) is 13.9. The van der Waals surface area contributed by atoms with Crippen LogP contribution >= 0.6 is 0 Å². The van der Waals surface area contributed by atoms with Gasteiger partial charge in [0.15, 0.2) is 0 Å². The summed E-state index contributed by atoms with van der Waals surface area (Å²) in [6.45, 7) is 16.0. The van der Waals surface area contributed by atoms with Crippen LogP contribution in [0.5, 0.6) is 0 Å². The molecule has 1 rings (SSSR count). The highest BCUT2D eigenvalue weighted by Crippen LogP contribution is 2.09. The summed E-state index contributed by atoms with van der Waals surface area (Å²) in [5.41, 5.74) is 0.120. The first-order chi connectivity index (χ1) is 9.43. The molecule has 0 amide bonds. The van der Waals surface area contributed by atoms with E-state index in [-0.39, 0.29) is 5.70 Å². The molecule has 1 aliphatic heterocycles. The maximum absolute atomic E-state index is 10.3. The molecule has 1 aliphatic rings. The number of carboxylic acid groups (broad SMARTS) is 1. The smallest absolute Gasteiger partial charge is 0.353 e. The molecule has 0 unspecified atom stereocenters. The Hall–Kier alpha value is -1.36. The van der Waals surface area contributed by atoms with Crippen molar-refractivity contribution in [2.45, 2.75) is 53.5 Å². The molecule has 5 nitrogen and oxygen atoms in total. The predicted octanol–water partition coefficient (Wildman–Crippen LogP) is 3.04. The number of rotatable bonds is 4. The quantitative estimate of drug-likeness (QED) is 0.490. The SMILES string of the molecule is C=NN(C)/C(=C\C)C(=O)O.CC.CC(C)N1CCCC1. The third-order valence-corrected chi connectivity index (χ3v) is 2.92. The van der Waals surface area contributed by atoms with Crippen molar-refractivity contribution in [1.82, 2.24) is 9.91 Å². The van der Waals surface area contributed by atoms with Gasteiger partial charge in [0.25, 0.3) is 0 Å². The third kappa shape index (κ3) is 8.69. The minimum absolute atomic E-state index is 0.120.